The first-order chi connectivity index (χ1) is 9.52. The number of hydrogen-bond donors (Lipinski definition) is 1. The molecule has 0 amide bonds. The molecular weight excluding hydrogens is 321 g/mol. The van der Waals surface area contributed by atoms with Gasteiger partial charge in [0.15, 0.2) is 0 Å². The Hall–Kier alpha value is -0.490. The minimum absolute atomic E-state index is 0.112. The molecular formula is C15H23BrFN3. The molecule has 1 aromatic rings. The molecule has 2 N–H and O–H groups in total. The van der Waals surface area contributed by atoms with Crippen LogP contribution in [0.4, 0.5) is 4.39 Å². The molecule has 0 radical (unpaired) electrons. The number of piperidine rings is 1. The number of halogens is 2. The molecule has 1 atom stereocenters. The van der Waals surface area contributed by atoms with Crippen molar-refractivity contribution in [3.05, 3.63) is 34.1 Å². The topological polar surface area (TPSA) is 32.5 Å². The number of nitrogens with two attached hydrogens (primary N) is 1. The van der Waals surface area contributed by atoms with Crippen molar-refractivity contribution in [3.63, 3.8) is 0 Å². The summed E-state index contributed by atoms with van der Waals surface area (Å²) >= 11 is 3.19. The van der Waals surface area contributed by atoms with E-state index in [-0.39, 0.29) is 11.9 Å². The second-order valence-corrected chi connectivity index (χ2v) is 6.51. The van der Waals surface area contributed by atoms with Gasteiger partial charge in [-0.1, -0.05) is 6.07 Å². The van der Waals surface area contributed by atoms with E-state index in [1.54, 1.807) is 12.1 Å². The largest absolute Gasteiger partial charge is 0.329 e. The van der Waals surface area contributed by atoms with E-state index in [0.717, 1.165) is 31.5 Å². The highest BCUT2D eigenvalue weighted by Gasteiger charge is 2.26. The molecule has 1 aliphatic rings. The minimum Gasteiger partial charge on any atom is -0.329 e. The minimum atomic E-state index is -0.218. The van der Waals surface area contributed by atoms with Crippen LogP contribution < -0.4 is 5.73 Å². The molecule has 1 saturated heterocycles. The lowest BCUT2D eigenvalue weighted by molar-refractivity contribution is 0.110. The van der Waals surface area contributed by atoms with E-state index >= 15 is 0 Å². The molecule has 1 heterocycles. The number of hydrogen-bond acceptors (Lipinski definition) is 3. The SMILES string of the molecule is CN(C)C1CCN(C(CN)c2ccc(Br)c(F)c2)CC1. The molecule has 0 aliphatic carbocycles. The monoisotopic (exact) mass is 343 g/mol. The van der Waals surface area contributed by atoms with Gasteiger partial charge in [-0.3, -0.25) is 4.90 Å². The summed E-state index contributed by atoms with van der Waals surface area (Å²) in [5, 5.41) is 0. The van der Waals surface area contributed by atoms with Crippen LogP contribution in [0.25, 0.3) is 0 Å². The highest BCUT2D eigenvalue weighted by Crippen LogP contribution is 2.27. The molecule has 3 nitrogen and oxygen atoms in total. The Bertz CT molecular complexity index is 445. The lowest BCUT2D eigenvalue weighted by Crippen LogP contribution is -2.45. The fourth-order valence-corrected chi connectivity index (χ4v) is 3.18. The van der Waals surface area contributed by atoms with Crippen LogP contribution in [0.1, 0.15) is 24.4 Å². The summed E-state index contributed by atoms with van der Waals surface area (Å²) in [7, 11) is 4.26. The van der Waals surface area contributed by atoms with Gasteiger partial charge in [-0.15, -0.1) is 0 Å². The Morgan fingerprint density at radius 1 is 1.40 bits per heavy atom. The molecule has 1 fully saturated rings. The molecule has 0 spiro atoms. The van der Waals surface area contributed by atoms with Crippen LogP contribution in [0.15, 0.2) is 22.7 Å². The number of likely N-dealkylation sites (tertiary alicyclic amines) is 1. The highest BCUT2D eigenvalue weighted by atomic mass is 79.9. The first-order valence-corrected chi connectivity index (χ1v) is 7.87. The molecule has 0 bridgehead atoms. The summed E-state index contributed by atoms with van der Waals surface area (Å²) in [6.07, 6.45) is 2.28. The van der Waals surface area contributed by atoms with Gasteiger partial charge in [0.2, 0.25) is 0 Å². The Morgan fingerprint density at radius 2 is 2.05 bits per heavy atom. The summed E-state index contributed by atoms with van der Waals surface area (Å²) in [4.78, 5) is 4.66. The zero-order valence-corrected chi connectivity index (χ0v) is 13.7. The predicted octanol–water partition coefficient (Wildman–Crippen LogP) is 2.61. The van der Waals surface area contributed by atoms with Gasteiger partial charge in [0.25, 0.3) is 0 Å². The van der Waals surface area contributed by atoms with Gasteiger partial charge in [0.1, 0.15) is 5.82 Å². The Labute approximate surface area is 129 Å². The maximum Gasteiger partial charge on any atom is 0.137 e. The molecule has 20 heavy (non-hydrogen) atoms. The van der Waals surface area contributed by atoms with Crippen molar-refractivity contribution in [2.24, 2.45) is 5.73 Å². The fraction of sp³-hybridized carbons (Fsp3) is 0.600. The van der Waals surface area contributed by atoms with Crippen LogP contribution in [0.2, 0.25) is 0 Å². The molecule has 1 unspecified atom stereocenters. The van der Waals surface area contributed by atoms with Crippen LogP contribution in [-0.2, 0) is 0 Å². The van der Waals surface area contributed by atoms with Crippen LogP contribution in [0.3, 0.4) is 0 Å². The Kier molecular flexibility index (Phi) is 5.55. The predicted molar refractivity (Wildman–Crippen MR) is 84.2 cm³/mol. The zero-order valence-electron chi connectivity index (χ0n) is 12.1. The molecule has 1 aliphatic heterocycles. The third kappa shape index (κ3) is 3.58. The molecule has 2 rings (SSSR count). The van der Waals surface area contributed by atoms with Crippen LogP contribution in [0, 0.1) is 5.82 Å². The van der Waals surface area contributed by atoms with Gasteiger partial charge in [-0.25, -0.2) is 4.39 Å². The van der Waals surface area contributed by atoms with Crippen molar-refractivity contribution >= 4 is 15.9 Å². The summed E-state index contributed by atoms with van der Waals surface area (Å²) in [5.74, 6) is -0.218. The van der Waals surface area contributed by atoms with Gasteiger partial charge >= 0.3 is 0 Å². The maximum absolute atomic E-state index is 13.7. The van der Waals surface area contributed by atoms with Gasteiger partial charge in [0, 0.05) is 31.7 Å². The summed E-state index contributed by atoms with van der Waals surface area (Å²) in [6.45, 7) is 2.55. The van der Waals surface area contributed by atoms with Crippen molar-refractivity contribution < 1.29 is 4.39 Å². The smallest absolute Gasteiger partial charge is 0.137 e. The van der Waals surface area contributed by atoms with E-state index in [1.165, 1.54) is 0 Å². The lowest BCUT2D eigenvalue weighted by Gasteiger charge is -2.39. The number of nitrogens with zero attached hydrogens (tertiary/aromatic N) is 2. The van der Waals surface area contributed by atoms with E-state index in [9.17, 15) is 4.39 Å². The number of benzene rings is 1. The van der Waals surface area contributed by atoms with E-state index < -0.39 is 0 Å². The Morgan fingerprint density at radius 3 is 2.55 bits per heavy atom. The van der Waals surface area contributed by atoms with Crippen molar-refractivity contribution in [3.8, 4) is 0 Å². The molecule has 0 aromatic heterocycles. The zero-order chi connectivity index (χ0) is 14.7. The number of rotatable bonds is 4. The van der Waals surface area contributed by atoms with Crippen molar-refractivity contribution in [1.82, 2.24) is 9.80 Å². The third-order valence-electron chi connectivity index (χ3n) is 4.22. The second kappa shape index (κ2) is 6.98. The van der Waals surface area contributed by atoms with E-state index in [4.69, 9.17) is 5.73 Å². The van der Waals surface area contributed by atoms with Gasteiger partial charge in [0.05, 0.1) is 4.47 Å². The van der Waals surface area contributed by atoms with E-state index in [2.05, 4.69) is 39.8 Å². The van der Waals surface area contributed by atoms with E-state index in [1.807, 2.05) is 6.07 Å². The fourth-order valence-electron chi connectivity index (χ4n) is 2.93. The van der Waals surface area contributed by atoms with Crippen LogP contribution >= 0.6 is 15.9 Å². The first kappa shape index (κ1) is 15.9. The normalized spacial score (nSPS) is 19.5. The highest BCUT2D eigenvalue weighted by molar-refractivity contribution is 9.10. The molecule has 1 aromatic carbocycles. The van der Waals surface area contributed by atoms with Crippen molar-refractivity contribution in [1.29, 1.82) is 0 Å². The maximum atomic E-state index is 13.7. The van der Waals surface area contributed by atoms with Gasteiger partial charge < -0.3 is 10.6 Å². The van der Waals surface area contributed by atoms with Gasteiger partial charge in [-0.05, 0) is 60.6 Å². The summed E-state index contributed by atoms with van der Waals surface area (Å²) < 4.78 is 14.2. The van der Waals surface area contributed by atoms with Crippen LogP contribution in [-0.4, -0.2) is 49.6 Å². The summed E-state index contributed by atoms with van der Waals surface area (Å²) in [6, 6.07) is 6.08. The molecule has 112 valence electrons. The first-order valence-electron chi connectivity index (χ1n) is 7.08. The molecule has 5 heteroatoms. The lowest BCUT2D eigenvalue weighted by atomic mass is 9.98. The third-order valence-corrected chi connectivity index (χ3v) is 4.86. The van der Waals surface area contributed by atoms with Crippen molar-refractivity contribution in [2.75, 3.05) is 33.7 Å². The Balaban J connectivity index is 2.07. The average molecular weight is 344 g/mol. The average Bonchev–Trinajstić information content (AvgIpc) is 2.44. The van der Waals surface area contributed by atoms with Gasteiger partial charge in [-0.2, -0.15) is 0 Å². The summed E-state index contributed by atoms with van der Waals surface area (Å²) in [5.41, 5.74) is 6.90. The molecule has 0 saturated carbocycles. The van der Waals surface area contributed by atoms with E-state index in [0.29, 0.717) is 17.1 Å². The standard InChI is InChI=1S/C15H23BrFN3/c1-19(2)12-5-7-20(8-6-12)15(10-18)11-3-4-13(16)14(17)9-11/h3-4,9,12,15H,5-8,10,18H2,1-2H3. The quantitative estimate of drug-likeness (QED) is 0.911. The second-order valence-electron chi connectivity index (χ2n) is 5.66. The van der Waals surface area contributed by atoms with Crippen LogP contribution in [0.5, 0.6) is 0 Å². The van der Waals surface area contributed by atoms with Crippen molar-refractivity contribution in [2.45, 2.75) is 24.9 Å².